The molecule has 0 radical (unpaired) electrons. The number of carbonyl (C=O) groups is 1. The van der Waals surface area contributed by atoms with Crippen LogP contribution < -0.4 is 5.32 Å². The lowest BCUT2D eigenvalue weighted by molar-refractivity contribution is -0.124. The van der Waals surface area contributed by atoms with Crippen LogP contribution in [-0.4, -0.2) is 47.7 Å². The first-order valence-corrected chi connectivity index (χ1v) is 8.33. The molecule has 1 amide bonds. The van der Waals surface area contributed by atoms with Gasteiger partial charge in [0.15, 0.2) is 0 Å². The number of carbonyl (C=O) groups excluding carboxylic acids is 1. The van der Waals surface area contributed by atoms with Crippen LogP contribution in [0.4, 0.5) is 0 Å². The minimum absolute atomic E-state index is 0.194. The molecular formula is C16H28N2O2. The van der Waals surface area contributed by atoms with E-state index in [1.54, 1.807) is 0 Å². The van der Waals surface area contributed by atoms with Gasteiger partial charge in [0.25, 0.3) is 0 Å². The average Bonchev–Trinajstić information content (AvgIpc) is 3.28. The summed E-state index contributed by atoms with van der Waals surface area (Å²) in [5.74, 6) is 2.05. The van der Waals surface area contributed by atoms with Crippen LogP contribution in [0.1, 0.15) is 45.4 Å². The number of rotatable bonds is 6. The third kappa shape index (κ3) is 3.73. The van der Waals surface area contributed by atoms with Gasteiger partial charge in [-0.05, 0) is 69.7 Å². The van der Waals surface area contributed by atoms with Gasteiger partial charge in [-0.15, -0.1) is 0 Å². The third-order valence-electron chi connectivity index (χ3n) is 5.18. The van der Waals surface area contributed by atoms with Crippen molar-refractivity contribution in [2.45, 2.75) is 57.6 Å². The number of piperidine rings is 1. The Bertz CT molecular complexity index is 338. The molecule has 0 spiro atoms. The van der Waals surface area contributed by atoms with Crippen molar-refractivity contribution in [3.63, 3.8) is 0 Å². The number of likely N-dealkylation sites (tertiary alicyclic amines) is 1. The molecule has 0 bridgehead atoms. The van der Waals surface area contributed by atoms with Crippen molar-refractivity contribution in [2.24, 2.45) is 17.8 Å². The molecule has 1 saturated heterocycles. The van der Waals surface area contributed by atoms with Gasteiger partial charge in [0.1, 0.15) is 0 Å². The van der Waals surface area contributed by atoms with Crippen molar-refractivity contribution in [3.8, 4) is 0 Å². The summed E-state index contributed by atoms with van der Waals surface area (Å²) in [6, 6.07) is 0.458. The normalized spacial score (nSPS) is 29.4. The van der Waals surface area contributed by atoms with E-state index in [0.717, 1.165) is 37.8 Å². The van der Waals surface area contributed by atoms with Gasteiger partial charge in [-0.3, -0.25) is 9.69 Å². The Kier molecular flexibility index (Phi) is 4.32. The Labute approximate surface area is 121 Å². The van der Waals surface area contributed by atoms with Crippen LogP contribution in [0.15, 0.2) is 0 Å². The summed E-state index contributed by atoms with van der Waals surface area (Å²) in [6.45, 7) is 4.24. The van der Waals surface area contributed by atoms with E-state index >= 15 is 0 Å². The van der Waals surface area contributed by atoms with E-state index in [1.165, 1.54) is 25.7 Å². The zero-order valence-electron chi connectivity index (χ0n) is 12.6. The zero-order valence-corrected chi connectivity index (χ0v) is 12.6. The molecule has 3 aliphatic rings. The Morgan fingerprint density at radius 3 is 2.40 bits per heavy atom. The van der Waals surface area contributed by atoms with Crippen LogP contribution in [0.25, 0.3) is 0 Å². The van der Waals surface area contributed by atoms with Crippen LogP contribution >= 0.6 is 0 Å². The molecule has 114 valence electrons. The predicted octanol–water partition coefficient (Wildman–Crippen LogP) is 1.38. The lowest BCUT2D eigenvalue weighted by Gasteiger charge is -2.34. The summed E-state index contributed by atoms with van der Waals surface area (Å²) in [5.41, 5.74) is 0. The Hall–Kier alpha value is -0.610. The first-order valence-electron chi connectivity index (χ1n) is 8.33. The maximum absolute atomic E-state index is 12.2. The summed E-state index contributed by atoms with van der Waals surface area (Å²) < 4.78 is 0. The highest BCUT2D eigenvalue weighted by molar-refractivity contribution is 5.78. The number of hydrogen-bond donors (Lipinski definition) is 2. The first-order chi connectivity index (χ1) is 9.63. The molecule has 20 heavy (non-hydrogen) atoms. The molecule has 3 rings (SSSR count). The molecule has 1 heterocycles. The summed E-state index contributed by atoms with van der Waals surface area (Å²) in [7, 11) is 0. The molecule has 4 nitrogen and oxygen atoms in total. The third-order valence-corrected chi connectivity index (χ3v) is 5.18. The van der Waals surface area contributed by atoms with Crippen molar-refractivity contribution >= 4 is 5.91 Å². The fourth-order valence-electron chi connectivity index (χ4n) is 3.59. The van der Waals surface area contributed by atoms with E-state index in [2.05, 4.69) is 10.2 Å². The molecule has 1 aliphatic heterocycles. The maximum Gasteiger partial charge on any atom is 0.234 e. The smallest absolute Gasteiger partial charge is 0.234 e. The van der Waals surface area contributed by atoms with Crippen molar-refractivity contribution in [1.82, 2.24) is 10.2 Å². The van der Waals surface area contributed by atoms with Gasteiger partial charge < -0.3 is 10.4 Å². The highest BCUT2D eigenvalue weighted by atomic mass is 16.3. The van der Waals surface area contributed by atoms with E-state index in [4.69, 9.17) is 0 Å². The van der Waals surface area contributed by atoms with Crippen molar-refractivity contribution in [2.75, 3.05) is 19.6 Å². The maximum atomic E-state index is 12.2. The standard InChI is InChI=1S/C16H28N2O2/c1-11(19)14-3-2-8-18(9-14)10-15(20)17-16(12-4-5-12)13-6-7-13/h11-14,16,19H,2-10H2,1H3,(H,17,20). The number of nitrogens with zero attached hydrogens (tertiary/aromatic N) is 1. The molecule has 4 heteroatoms. The molecule has 2 aliphatic carbocycles. The zero-order chi connectivity index (χ0) is 14.1. The molecule has 2 saturated carbocycles. The van der Waals surface area contributed by atoms with Gasteiger partial charge in [0.05, 0.1) is 12.6 Å². The topological polar surface area (TPSA) is 52.6 Å². The fraction of sp³-hybridized carbons (Fsp3) is 0.938. The highest BCUT2D eigenvalue weighted by Gasteiger charge is 2.42. The lowest BCUT2D eigenvalue weighted by atomic mass is 9.93. The Morgan fingerprint density at radius 2 is 1.85 bits per heavy atom. The highest BCUT2D eigenvalue weighted by Crippen LogP contribution is 2.44. The molecule has 2 atom stereocenters. The van der Waals surface area contributed by atoms with Gasteiger partial charge in [-0.25, -0.2) is 0 Å². The van der Waals surface area contributed by atoms with E-state index in [9.17, 15) is 9.90 Å². The quantitative estimate of drug-likeness (QED) is 0.773. The van der Waals surface area contributed by atoms with Crippen molar-refractivity contribution in [3.05, 3.63) is 0 Å². The van der Waals surface area contributed by atoms with Crippen molar-refractivity contribution in [1.29, 1.82) is 0 Å². The number of nitrogens with one attached hydrogen (secondary N) is 1. The van der Waals surface area contributed by atoms with Crippen LogP contribution in [0.3, 0.4) is 0 Å². The monoisotopic (exact) mass is 280 g/mol. The second kappa shape index (κ2) is 6.02. The summed E-state index contributed by atoms with van der Waals surface area (Å²) >= 11 is 0. The van der Waals surface area contributed by atoms with Crippen LogP contribution in [0.5, 0.6) is 0 Å². The molecule has 0 aromatic carbocycles. The van der Waals surface area contributed by atoms with E-state index < -0.39 is 0 Å². The molecule has 0 aromatic rings. The second-order valence-corrected chi connectivity index (χ2v) is 7.15. The number of amides is 1. The number of aliphatic hydroxyl groups excluding tert-OH is 1. The molecule has 3 fully saturated rings. The van der Waals surface area contributed by atoms with Crippen LogP contribution in [-0.2, 0) is 4.79 Å². The largest absolute Gasteiger partial charge is 0.393 e. The molecular weight excluding hydrogens is 252 g/mol. The molecule has 0 aromatic heterocycles. The second-order valence-electron chi connectivity index (χ2n) is 7.15. The Balaban J connectivity index is 1.45. The van der Waals surface area contributed by atoms with E-state index in [-0.39, 0.29) is 12.0 Å². The summed E-state index contributed by atoms with van der Waals surface area (Å²) in [4.78, 5) is 14.5. The number of aliphatic hydroxyl groups is 1. The number of hydrogen-bond acceptors (Lipinski definition) is 3. The predicted molar refractivity (Wildman–Crippen MR) is 78.2 cm³/mol. The molecule has 2 N–H and O–H groups in total. The fourth-order valence-corrected chi connectivity index (χ4v) is 3.59. The van der Waals surface area contributed by atoms with Gasteiger partial charge in [0.2, 0.25) is 5.91 Å². The van der Waals surface area contributed by atoms with Gasteiger partial charge >= 0.3 is 0 Å². The van der Waals surface area contributed by atoms with E-state index in [0.29, 0.717) is 18.5 Å². The van der Waals surface area contributed by atoms with Gasteiger partial charge in [-0.2, -0.15) is 0 Å². The van der Waals surface area contributed by atoms with Crippen LogP contribution in [0.2, 0.25) is 0 Å². The van der Waals surface area contributed by atoms with Gasteiger partial charge in [-0.1, -0.05) is 0 Å². The van der Waals surface area contributed by atoms with Crippen molar-refractivity contribution < 1.29 is 9.90 Å². The SMILES string of the molecule is CC(O)C1CCCN(CC(=O)NC(C2CC2)C2CC2)C1. The van der Waals surface area contributed by atoms with E-state index in [1.807, 2.05) is 6.92 Å². The summed E-state index contributed by atoms with van der Waals surface area (Å²) in [5, 5.41) is 13.0. The van der Waals surface area contributed by atoms with Gasteiger partial charge in [0, 0.05) is 12.6 Å². The molecule has 2 unspecified atom stereocenters. The summed E-state index contributed by atoms with van der Waals surface area (Å²) in [6.07, 6.45) is 7.13. The first kappa shape index (κ1) is 14.3. The van der Waals surface area contributed by atoms with Crippen LogP contribution in [0, 0.1) is 17.8 Å². The minimum Gasteiger partial charge on any atom is -0.393 e. The lowest BCUT2D eigenvalue weighted by Crippen LogP contribution is -2.47. The minimum atomic E-state index is -0.258. The average molecular weight is 280 g/mol. The Morgan fingerprint density at radius 1 is 1.20 bits per heavy atom.